The summed E-state index contributed by atoms with van der Waals surface area (Å²) in [5, 5.41) is 11.0. The standard InChI is InChI=1S/C14H14FN3OS3/c1-2-7-21-14-18-17-13(22-14)16-12(19)9-20-8-10-5-3-4-6-11(10)15/h2-6H,1,7-9H2,(H,16,17,19). The maximum atomic E-state index is 13.4. The second kappa shape index (κ2) is 8.92. The van der Waals surface area contributed by atoms with E-state index in [0.717, 1.165) is 10.1 Å². The van der Waals surface area contributed by atoms with Crippen LogP contribution in [0, 0.1) is 5.82 Å². The van der Waals surface area contributed by atoms with Crippen LogP contribution in [0.3, 0.4) is 0 Å². The fraction of sp³-hybridized carbons (Fsp3) is 0.214. The van der Waals surface area contributed by atoms with Crippen molar-refractivity contribution in [3.05, 3.63) is 48.3 Å². The maximum Gasteiger partial charge on any atom is 0.236 e. The summed E-state index contributed by atoms with van der Waals surface area (Å²) < 4.78 is 14.2. The Hall–Kier alpha value is -1.38. The molecule has 2 rings (SSSR count). The van der Waals surface area contributed by atoms with Gasteiger partial charge in [-0.2, -0.15) is 0 Å². The van der Waals surface area contributed by atoms with E-state index in [1.165, 1.54) is 40.9 Å². The van der Waals surface area contributed by atoms with E-state index in [1.54, 1.807) is 24.3 Å². The fourth-order valence-electron chi connectivity index (χ4n) is 1.47. The van der Waals surface area contributed by atoms with Gasteiger partial charge < -0.3 is 0 Å². The minimum atomic E-state index is -0.247. The number of thioether (sulfide) groups is 2. The van der Waals surface area contributed by atoms with E-state index in [9.17, 15) is 9.18 Å². The minimum absolute atomic E-state index is 0.169. The first-order valence-electron chi connectivity index (χ1n) is 6.37. The average Bonchev–Trinajstić information content (AvgIpc) is 2.94. The summed E-state index contributed by atoms with van der Waals surface area (Å²) in [4.78, 5) is 11.8. The molecule has 1 N–H and O–H groups in total. The van der Waals surface area contributed by atoms with Crippen molar-refractivity contribution in [2.75, 3.05) is 16.8 Å². The van der Waals surface area contributed by atoms with Crippen LogP contribution in [-0.2, 0) is 10.5 Å². The molecule has 0 saturated carbocycles. The lowest BCUT2D eigenvalue weighted by atomic mass is 10.2. The Balaban J connectivity index is 1.75. The molecule has 0 aliphatic carbocycles. The second-order valence-electron chi connectivity index (χ2n) is 4.11. The van der Waals surface area contributed by atoms with Crippen molar-refractivity contribution in [1.82, 2.24) is 10.2 Å². The lowest BCUT2D eigenvalue weighted by Crippen LogP contribution is -2.14. The predicted molar refractivity (Wildman–Crippen MR) is 92.0 cm³/mol. The van der Waals surface area contributed by atoms with Crippen molar-refractivity contribution in [1.29, 1.82) is 0 Å². The Morgan fingerprint density at radius 1 is 1.41 bits per heavy atom. The lowest BCUT2D eigenvalue weighted by molar-refractivity contribution is -0.113. The molecule has 1 aromatic carbocycles. The molecule has 1 amide bonds. The summed E-state index contributed by atoms with van der Waals surface area (Å²) in [6.45, 7) is 3.63. The molecular weight excluding hydrogens is 341 g/mol. The average molecular weight is 355 g/mol. The van der Waals surface area contributed by atoms with Gasteiger partial charge in [0, 0.05) is 11.5 Å². The van der Waals surface area contributed by atoms with Crippen LogP contribution in [0.1, 0.15) is 5.56 Å². The highest BCUT2D eigenvalue weighted by Crippen LogP contribution is 2.25. The molecule has 1 aromatic heterocycles. The molecule has 0 fully saturated rings. The highest BCUT2D eigenvalue weighted by atomic mass is 32.2. The summed E-state index contributed by atoms with van der Waals surface area (Å²) in [6.07, 6.45) is 1.78. The van der Waals surface area contributed by atoms with E-state index in [2.05, 4.69) is 22.1 Å². The van der Waals surface area contributed by atoms with E-state index in [-0.39, 0.29) is 17.5 Å². The molecule has 22 heavy (non-hydrogen) atoms. The van der Waals surface area contributed by atoms with E-state index < -0.39 is 0 Å². The van der Waals surface area contributed by atoms with E-state index in [4.69, 9.17) is 0 Å². The minimum Gasteiger partial charge on any atom is -0.300 e. The third-order valence-electron chi connectivity index (χ3n) is 2.43. The number of hydrogen-bond acceptors (Lipinski definition) is 6. The number of hydrogen-bond donors (Lipinski definition) is 1. The number of amides is 1. The Morgan fingerprint density at radius 2 is 2.23 bits per heavy atom. The molecule has 0 spiro atoms. The molecule has 0 unspecified atom stereocenters. The molecule has 0 aliphatic rings. The van der Waals surface area contributed by atoms with Gasteiger partial charge in [-0.3, -0.25) is 10.1 Å². The third kappa shape index (κ3) is 5.43. The predicted octanol–water partition coefficient (Wildman–Crippen LogP) is 3.83. The van der Waals surface area contributed by atoms with Gasteiger partial charge in [0.15, 0.2) is 4.34 Å². The Bertz CT molecular complexity index is 648. The van der Waals surface area contributed by atoms with Gasteiger partial charge in [-0.25, -0.2) is 4.39 Å². The zero-order chi connectivity index (χ0) is 15.8. The number of anilines is 1. The third-order valence-corrected chi connectivity index (χ3v) is 5.38. The zero-order valence-electron chi connectivity index (χ0n) is 11.6. The first-order chi connectivity index (χ1) is 10.7. The van der Waals surface area contributed by atoms with Crippen molar-refractivity contribution >= 4 is 45.9 Å². The number of carbonyl (C=O) groups excluding carboxylic acids is 1. The molecule has 0 atom stereocenters. The molecule has 116 valence electrons. The van der Waals surface area contributed by atoms with Crippen LogP contribution in [0.4, 0.5) is 9.52 Å². The van der Waals surface area contributed by atoms with Crippen molar-refractivity contribution in [2.24, 2.45) is 0 Å². The van der Waals surface area contributed by atoms with Crippen molar-refractivity contribution in [3.8, 4) is 0 Å². The Labute approximate surface area is 140 Å². The summed E-state index contributed by atoms with van der Waals surface area (Å²) >= 11 is 4.19. The van der Waals surface area contributed by atoms with Crippen LogP contribution in [0.15, 0.2) is 41.3 Å². The molecule has 1 heterocycles. The number of nitrogens with zero attached hydrogens (tertiary/aromatic N) is 2. The summed E-state index contributed by atoms with van der Waals surface area (Å²) in [5.41, 5.74) is 0.597. The quantitative estimate of drug-likeness (QED) is 0.443. The molecule has 0 radical (unpaired) electrons. The number of nitrogens with one attached hydrogen (secondary N) is 1. The molecule has 0 bridgehead atoms. The van der Waals surface area contributed by atoms with Gasteiger partial charge >= 0.3 is 0 Å². The van der Waals surface area contributed by atoms with Crippen molar-refractivity contribution in [2.45, 2.75) is 10.1 Å². The number of carbonyl (C=O) groups is 1. The Kier molecular flexibility index (Phi) is 6.88. The van der Waals surface area contributed by atoms with Gasteiger partial charge in [0.05, 0.1) is 5.75 Å². The number of aromatic nitrogens is 2. The van der Waals surface area contributed by atoms with E-state index in [1.807, 2.05) is 0 Å². The van der Waals surface area contributed by atoms with Gasteiger partial charge in [-0.05, 0) is 11.6 Å². The fourth-order valence-corrected chi connectivity index (χ4v) is 3.82. The van der Waals surface area contributed by atoms with Gasteiger partial charge in [0.25, 0.3) is 0 Å². The van der Waals surface area contributed by atoms with Crippen LogP contribution in [0.5, 0.6) is 0 Å². The first kappa shape index (κ1) is 17.0. The van der Waals surface area contributed by atoms with Crippen LogP contribution in [-0.4, -0.2) is 27.6 Å². The summed E-state index contributed by atoms with van der Waals surface area (Å²) in [6, 6.07) is 6.56. The monoisotopic (exact) mass is 355 g/mol. The van der Waals surface area contributed by atoms with Crippen LogP contribution >= 0.6 is 34.9 Å². The summed E-state index contributed by atoms with van der Waals surface area (Å²) in [7, 11) is 0. The number of halogens is 1. The number of rotatable bonds is 8. The molecule has 0 saturated heterocycles. The zero-order valence-corrected chi connectivity index (χ0v) is 14.1. The molecular formula is C14H14FN3OS3. The highest BCUT2D eigenvalue weighted by Gasteiger charge is 2.09. The van der Waals surface area contributed by atoms with Crippen LogP contribution in [0.2, 0.25) is 0 Å². The second-order valence-corrected chi connectivity index (χ2v) is 7.34. The first-order valence-corrected chi connectivity index (χ1v) is 9.33. The molecule has 0 aliphatic heterocycles. The molecule has 4 nitrogen and oxygen atoms in total. The molecule has 8 heteroatoms. The van der Waals surface area contributed by atoms with E-state index >= 15 is 0 Å². The van der Waals surface area contributed by atoms with Crippen molar-refractivity contribution < 1.29 is 9.18 Å². The van der Waals surface area contributed by atoms with E-state index in [0.29, 0.717) is 16.4 Å². The normalized spacial score (nSPS) is 10.4. The highest BCUT2D eigenvalue weighted by molar-refractivity contribution is 8.01. The number of benzene rings is 1. The lowest BCUT2D eigenvalue weighted by Gasteiger charge is -2.03. The van der Waals surface area contributed by atoms with Crippen LogP contribution in [0.25, 0.3) is 0 Å². The topological polar surface area (TPSA) is 54.9 Å². The Morgan fingerprint density at radius 3 is 3.00 bits per heavy atom. The van der Waals surface area contributed by atoms with Gasteiger partial charge in [-0.1, -0.05) is 47.4 Å². The molecule has 2 aromatic rings. The maximum absolute atomic E-state index is 13.4. The van der Waals surface area contributed by atoms with Crippen LogP contribution < -0.4 is 5.32 Å². The smallest absolute Gasteiger partial charge is 0.236 e. The summed E-state index contributed by atoms with van der Waals surface area (Å²) in [5.74, 6) is 1.03. The van der Waals surface area contributed by atoms with Gasteiger partial charge in [0.2, 0.25) is 11.0 Å². The van der Waals surface area contributed by atoms with Gasteiger partial charge in [-0.15, -0.1) is 28.5 Å². The SMILES string of the molecule is C=CCSc1nnc(NC(=O)CSCc2ccccc2F)s1. The largest absolute Gasteiger partial charge is 0.300 e. The van der Waals surface area contributed by atoms with Gasteiger partial charge in [0.1, 0.15) is 5.82 Å². The van der Waals surface area contributed by atoms with Crippen molar-refractivity contribution in [3.63, 3.8) is 0 Å².